The number of rotatable bonds is 4. The van der Waals surface area contributed by atoms with Crippen molar-refractivity contribution in [1.29, 1.82) is 0 Å². The number of hydrogen-bond acceptors (Lipinski definition) is 6. The van der Waals surface area contributed by atoms with Crippen LogP contribution in [0.2, 0.25) is 0 Å². The average Bonchev–Trinajstić information content (AvgIpc) is 3.76. The van der Waals surface area contributed by atoms with E-state index in [-0.39, 0.29) is 22.8 Å². The molecule has 2 aliphatic rings. The van der Waals surface area contributed by atoms with Crippen LogP contribution >= 0.6 is 0 Å². The van der Waals surface area contributed by atoms with Crippen LogP contribution in [0.3, 0.4) is 0 Å². The maximum absolute atomic E-state index is 15.9. The van der Waals surface area contributed by atoms with Gasteiger partial charge >= 0.3 is 0 Å². The molecule has 204 valence electrons. The molecule has 8 nitrogen and oxygen atoms in total. The van der Waals surface area contributed by atoms with Crippen LogP contribution < -0.4 is 4.90 Å². The van der Waals surface area contributed by atoms with Gasteiger partial charge in [0.2, 0.25) is 0 Å². The van der Waals surface area contributed by atoms with Gasteiger partial charge in [0, 0.05) is 60.4 Å². The van der Waals surface area contributed by atoms with Crippen molar-refractivity contribution in [2.45, 2.75) is 18.5 Å². The van der Waals surface area contributed by atoms with Crippen molar-refractivity contribution in [1.82, 2.24) is 34.7 Å². The summed E-state index contributed by atoms with van der Waals surface area (Å²) < 4.78 is 47.7. The quantitative estimate of drug-likeness (QED) is 0.319. The van der Waals surface area contributed by atoms with E-state index in [4.69, 9.17) is 5.10 Å². The second-order valence-corrected chi connectivity index (χ2v) is 10.7. The first kappa shape index (κ1) is 24.1. The summed E-state index contributed by atoms with van der Waals surface area (Å²) >= 11 is 0. The zero-order chi connectivity index (χ0) is 27.8. The van der Waals surface area contributed by atoms with Gasteiger partial charge in [-0.2, -0.15) is 10.2 Å². The largest absolute Gasteiger partial charge is 0.365 e. The summed E-state index contributed by atoms with van der Waals surface area (Å²) in [5.41, 5.74) is 3.62. The molecule has 8 rings (SSSR count). The Balaban J connectivity index is 1.33. The fourth-order valence-electron chi connectivity index (χ4n) is 6.47. The number of hydrogen-bond donors (Lipinski definition) is 1. The maximum Gasteiger partial charge on any atom is 0.164 e. The topological polar surface area (TPSA) is 78.2 Å². The number of halogens is 3. The van der Waals surface area contributed by atoms with Gasteiger partial charge in [0.05, 0.1) is 23.0 Å². The van der Waals surface area contributed by atoms with E-state index in [0.717, 1.165) is 25.1 Å². The van der Waals surface area contributed by atoms with E-state index < -0.39 is 17.5 Å². The van der Waals surface area contributed by atoms with Crippen LogP contribution in [0.15, 0.2) is 67.3 Å². The number of piperazine rings is 1. The van der Waals surface area contributed by atoms with E-state index in [2.05, 4.69) is 37.0 Å². The van der Waals surface area contributed by atoms with Crippen molar-refractivity contribution in [2.75, 3.05) is 25.0 Å². The van der Waals surface area contributed by atoms with Crippen molar-refractivity contribution >= 4 is 22.2 Å². The minimum atomic E-state index is -0.676. The molecule has 6 aromatic rings. The molecule has 0 unspecified atom stereocenters. The summed E-state index contributed by atoms with van der Waals surface area (Å²) in [7, 11) is 2.09. The second kappa shape index (κ2) is 8.87. The number of fused-ring (bicyclic) bond motifs is 4. The fraction of sp³-hybridized carbons (Fsp3) is 0.200. The molecule has 2 atom stereocenters. The van der Waals surface area contributed by atoms with E-state index in [0.29, 0.717) is 39.6 Å². The Labute approximate surface area is 232 Å². The summed E-state index contributed by atoms with van der Waals surface area (Å²) in [6.07, 6.45) is 7.31. The van der Waals surface area contributed by atoms with Crippen LogP contribution in [0.4, 0.5) is 18.9 Å². The van der Waals surface area contributed by atoms with Gasteiger partial charge in [-0.25, -0.2) is 22.7 Å². The molecule has 0 aliphatic carbocycles. The molecule has 11 heteroatoms. The first-order valence-electron chi connectivity index (χ1n) is 13.3. The van der Waals surface area contributed by atoms with E-state index >= 15 is 8.78 Å². The molecule has 0 radical (unpaired) electrons. The number of benzene rings is 2. The van der Waals surface area contributed by atoms with Crippen LogP contribution in [-0.4, -0.2) is 66.9 Å². The number of aromatic nitrogens is 6. The lowest BCUT2D eigenvalue weighted by molar-refractivity contribution is 0.292. The number of H-pyrrole nitrogens is 1. The van der Waals surface area contributed by atoms with Crippen molar-refractivity contribution in [3.8, 4) is 33.6 Å². The minimum Gasteiger partial charge on any atom is -0.365 e. The molecular formula is C30H23F3N8. The summed E-state index contributed by atoms with van der Waals surface area (Å²) in [5, 5.41) is 12.1. The highest BCUT2D eigenvalue weighted by molar-refractivity contribution is 6.03. The van der Waals surface area contributed by atoms with Crippen LogP contribution in [0.1, 0.15) is 6.42 Å². The van der Waals surface area contributed by atoms with Gasteiger partial charge in [-0.3, -0.25) is 15.0 Å². The zero-order valence-corrected chi connectivity index (χ0v) is 21.9. The van der Waals surface area contributed by atoms with E-state index in [1.165, 1.54) is 35.1 Å². The third-order valence-electron chi connectivity index (χ3n) is 8.44. The minimum absolute atomic E-state index is 0.189. The van der Waals surface area contributed by atoms with Gasteiger partial charge in [0.1, 0.15) is 28.7 Å². The van der Waals surface area contributed by atoms with Gasteiger partial charge in [0.15, 0.2) is 5.65 Å². The molecule has 2 fully saturated rings. The molecule has 2 aromatic carbocycles. The highest BCUT2D eigenvalue weighted by atomic mass is 19.1. The maximum atomic E-state index is 15.9. The molecule has 41 heavy (non-hydrogen) atoms. The van der Waals surface area contributed by atoms with Gasteiger partial charge in [-0.05, 0) is 55.4 Å². The second-order valence-electron chi connectivity index (χ2n) is 10.7. The SMILES string of the molecule is CN1C[C@@H]2C[C@H]1CN2c1cc(F)c(-c2ccnc3c(-c4ccc(F)c5[nH]ncc45)c(-c4ccncc4)nn23)c(F)c1. The predicted molar refractivity (Wildman–Crippen MR) is 149 cm³/mol. The molecule has 2 aliphatic heterocycles. The first-order valence-corrected chi connectivity index (χ1v) is 13.3. The summed E-state index contributed by atoms with van der Waals surface area (Å²) in [5.74, 6) is -1.80. The average molecular weight is 553 g/mol. The Kier molecular flexibility index (Phi) is 5.20. The Morgan fingerprint density at radius 2 is 1.68 bits per heavy atom. The third kappa shape index (κ3) is 3.58. The van der Waals surface area contributed by atoms with Crippen LogP contribution in [0, 0.1) is 17.5 Å². The molecule has 0 spiro atoms. The molecular weight excluding hydrogens is 529 g/mol. The Bertz CT molecular complexity index is 1940. The van der Waals surface area contributed by atoms with Gasteiger partial charge in [-0.15, -0.1) is 0 Å². The zero-order valence-electron chi connectivity index (χ0n) is 21.9. The highest BCUT2D eigenvalue weighted by Crippen LogP contribution is 2.41. The number of aromatic amines is 1. The smallest absolute Gasteiger partial charge is 0.164 e. The summed E-state index contributed by atoms with van der Waals surface area (Å²) in [4.78, 5) is 13.1. The lowest BCUT2D eigenvalue weighted by Gasteiger charge is -2.33. The fourth-order valence-corrected chi connectivity index (χ4v) is 6.47. The van der Waals surface area contributed by atoms with Crippen LogP contribution in [0.25, 0.3) is 50.2 Å². The van der Waals surface area contributed by atoms with Crippen LogP contribution in [0.5, 0.6) is 0 Å². The molecule has 4 aromatic heterocycles. The lowest BCUT2D eigenvalue weighted by Crippen LogP contribution is -2.44. The Hall–Kier alpha value is -4.77. The van der Waals surface area contributed by atoms with Crippen molar-refractivity contribution < 1.29 is 13.2 Å². The van der Waals surface area contributed by atoms with Gasteiger partial charge in [0.25, 0.3) is 0 Å². The highest BCUT2D eigenvalue weighted by Gasteiger charge is 2.41. The Morgan fingerprint density at radius 1 is 0.878 bits per heavy atom. The van der Waals surface area contributed by atoms with Gasteiger partial charge in [-0.1, -0.05) is 6.07 Å². The molecule has 0 saturated carbocycles. The lowest BCUT2D eigenvalue weighted by atomic mass is 9.98. The number of likely N-dealkylation sites (N-methyl/N-ethyl adjacent to an activating group) is 1. The van der Waals surface area contributed by atoms with E-state index in [9.17, 15) is 4.39 Å². The molecule has 2 saturated heterocycles. The number of nitrogens with zero attached hydrogens (tertiary/aromatic N) is 7. The summed E-state index contributed by atoms with van der Waals surface area (Å²) in [6.45, 7) is 1.62. The first-order chi connectivity index (χ1) is 20.0. The third-order valence-corrected chi connectivity index (χ3v) is 8.44. The van der Waals surface area contributed by atoms with E-state index in [1.54, 1.807) is 36.7 Å². The molecule has 2 bridgehead atoms. The number of likely N-dealkylation sites (tertiary alicyclic amines) is 1. The predicted octanol–water partition coefficient (Wildman–Crippen LogP) is 5.31. The van der Waals surface area contributed by atoms with Crippen molar-refractivity contribution in [2.24, 2.45) is 0 Å². The van der Waals surface area contributed by atoms with Crippen molar-refractivity contribution in [3.05, 3.63) is 84.7 Å². The molecule has 1 N–H and O–H groups in total. The summed E-state index contributed by atoms with van der Waals surface area (Å²) in [6, 6.07) is 11.6. The monoisotopic (exact) mass is 552 g/mol. The molecule has 6 heterocycles. The van der Waals surface area contributed by atoms with Gasteiger partial charge < -0.3 is 4.90 Å². The standard InChI is InChI=1S/C30H23F3N8/c1-39-14-19-10-18(39)15-40(19)17-11-23(32)27(24(33)12-17)25-6-9-35-30-26(20-2-3-22(31)29-21(20)13-36-37-29)28(38-41(25)30)16-4-7-34-8-5-16/h2-9,11-13,18-19H,10,14-15H2,1H3,(H,36,37)/t18-,19-/m0/s1. The number of anilines is 1. The van der Waals surface area contributed by atoms with Crippen LogP contribution in [-0.2, 0) is 0 Å². The van der Waals surface area contributed by atoms with Crippen molar-refractivity contribution in [3.63, 3.8) is 0 Å². The normalized spacial score (nSPS) is 18.8. The van der Waals surface area contributed by atoms with E-state index in [1.807, 2.05) is 0 Å². The number of nitrogens with one attached hydrogen (secondary N) is 1. The Morgan fingerprint density at radius 3 is 2.41 bits per heavy atom. The number of pyridine rings is 1. The molecule has 0 amide bonds.